The molecule has 3 aromatic rings. The maximum atomic E-state index is 11.8. The van der Waals surface area contributed by atoms with Crippen LogP contribution in [0, 0.1) is 5.92 Å². The molecule has 1 saturated carbocycles. The summed E-state index contributed by atoms with van der Waals surface area (Å²) in [6, 6.07) is 2.21. The van der Waals surface area contributed by atoms with Gasteiger partial charge < -0.3 is 16.8 Å². The number of nitrogens with zero attached hydrogens (tertiary/aromatic N) is 4. The number of nitrogens with one attached hydrogen (secondary N) is 1. The van der Waals surface area contributed by atoms with Gasteiger partial charge in [0.15, 0.2) is 0 Å². The highest BCUT2D eigenvalue weighted by Gasteiger charge is 2.29. The van der Waals surface area contributed by atoms with Crippen LogP contribution >= 0.6 is 0 Å². The zero-order valence-electron chi connectivity index (χ0n) is 13.8. The van der Waals surface area contributed by atoms with Gasteiger partial charge in [-0.15, -0.1) is 0 Å². The molecule has 0 bridgehead atoms. The molecule has 1 fully saturated rings. The summed E-state index contributed by atoms with van der Waals surface area (Å²) in [6.07, 6.45) is 9.09. The molecule has 1 aliphatic carbocycles. The molecule has 25 heavy (non-hydrogen) atoms. The van der Waals surface area contributed by atoms with Gasteiger partial charge in [-0.1, -0.05) is 0 Å². The van der Waals surface area contributed by atoms with Crippen molar-refractivity contribution in [2.24, 2.45) is 11.7 Å². The number of carbonyl (C=O) groups is 1. The molecule has 1 atom stereocenters. The molecule has 128 valence electrons. The fraction of sp³-hybridized carbons (Fsp3) is 0.294. The van der Waals surface area contributed by atoms with Gasteiger partial charge >= 0.3 is 0 Å². The van der Waals surface area contributed by atoms with E-state index < -0.39 is 5.91 Å². The SMILES string of the molecule is CC(Nc1c(C(N)=O)cnn2cc(-c3cnc(N)nc3)cc12)C1CC1. The van der Waals surface area contributed by atoms with Crippen LogP contribution in [0.4, 0.5) is 11.6 Å². The Morgan fingerprint density at radius 1 is 1.28 bits per heavy atom. The highest BCUT2D eigenvalue weighted by Crippen LogP contribution is 2.36. The second-order valence-corrected chi connectivity index (χ2v) is 6.46. The number of carbonyl (C=O) groups excluding carboxylic acids is 1. The van der Waals surface area contributed by atoms with E-state index in [1.54, 1.807) is 16.9 Å². The third-order valence-electron chi connectivity index (χ3n) is 4.61. The molecule has 3 heterocycles. The van der Waals surface area contributed by atoms with Crippen LogP contribution in [0.3, 0.4) is 0 Å². The summed E-state index contributed by atoms with van der Waals surface area (Å²) in [5.74, 6) is 0.357. The molecule has 8 heteroatoms. The number of hydrogen-bond acceptors (Lipinski definition) is 6. The maximum absolute atomic E-state index is 11.8. The van der Waals surface area contributed by atoms with Crippen molar-refractivity contribution >= 4 is 23.1 Å². The smallest absolute Gasteiger partial charge is 0.252 e. The number of anilines is 2. The number of aromatic nitrogens is 4. The van der Waals surface area contributed by atoms with Crippen LogP contribution in [0.2, 0.25) is 0 Å². The predicted molar refractivity (Wildman–Crippen MR) is 95.0 cm³/mol. The molecule has 5 N–H and O–H groups in total. The largest absolute Gasteiger partial charge is 0.380 e. The molecular weight excluding hydrogens is 318 g/mol. The van der Waals surface area contributed by atoms with E-state index >= 15 is 0 Å². The lowest BCUT2D eigenvalue weighted by atomic mass is 10.1. The summed E-state index contributed by atoms with van der Waals surface area (Å²) in [4.78, 5) is 19.9. The van der Waals surface area contributed by atoms with Crippen molar-refractivity contribution in [2.75, 3.05) is 11.1 Å². The van der Waals surface area contributed by atoms with Crippen molar-refractivity contribution in [3.63, 3.8) is 0 Å². The topological polar surface area (TPSA) is 124 Å². The van der Waals surface area contributed by atoms with Gasteiger partial charge in [-0.2, -0.15) is 5.10 Å². The van der Waals surface area contributed by atoms with E-state index in [4.69, 9.17) is 11.5 Å². The number of nitrogen functional groups attached to an aromatic ring is 1. The van der Waals surface area contributed by atoms with Gasteiger partial charge in [0.05, 0.1) is 23.0 Å². The summed E-state index contributed by atoms with van der Waals surface area (Å²) in [6.45, 7) is 2.12. The van der Waals surface area contributed by atoms with Gasteiger partial charge in [0.1, 0.15) is 0 Å². The number of primary amides is 1. The Morgan fingerprint density at radius 2 is 2.00 bits per heavy atom. The molecule has 1 aliphatic rings. The highest BCUT2D eigenvalue weighted by atomic mass is 16.1. The molecule has 8 nitrogen and oxygen atoms in total. The quantitative estimate of drug-likeness (QED) is 0.650. The Morgan fingerprint density at radius 3 is 2.64 bits per heavy atom. The van der Waals surface area contributed by atoms with E-state index in [-0.39, 0.29) is 12.0 Å². The lowest BCUT2D eigenvalue weighted by Gasteiger charge is -2.17. The van der Waals surface area contributed by atoms with Gasteiger partial charge in [0.2, 0.25) is 5.95 Å². The molecule has 1 unspecified atom stereocenters. The van der Waals surface area contributed by atoms with Crippen LogP contribution in [-0.2, 0) is 0 Å². The third-order valence-corrected chi connectivity index (χ3v) is 4.61. The van der Waals surface area contributed by atoms with E-state index in [2.05, 4.69) is 27.3 Å². The fourth-order valence-corrected chi connectivity index (χ4v) is 2.98. The average molecular weight is 337 g/mol. The lowest BCUT2D eigenvalue weighted by Crippen LogP contribution is -2.22. The Labute approximate surface area is 144 Å². The van der Waals surface area contributed by atoms with Crippen molar-refractivity contribution in [2.45, 2.75) is 25.8 Å². The summed E-state index contributed by atoms with van der Waals surface area (Å²) < 4.78 is 1.72. The van der Waals surface area contributed by atoms with Crippen LogP contribution in [0.15, 0.2) is 30.9 Å². The Bertz CT molecular complexity index is 944. The number of hydrogen-bond donors (Lipinski definition) is 3. The van der Waals surface area contributed by atoms with E-state index in [1.807, 2.05) is 12.3 Å². The zero-order chi connectivity index (χ0) is 17.6. The first-order valence-corrected chi connectivity index (χ1v) is 8.18. The highest BCUT2D eigenvalue weighted by molar-refractivity contribution is 6.02. The van der Waals surface area contributed by atoms with Gasteiger partial charge in [-0.3, -0.25) is 4.79 Å². The molecule has 4 rings (SSSR count). The van der Waals surface area contributed by atoms with Gasteiger partial charge in [-0.05, 0) is 31.7 Å². The average Bonchev–Trinajstić information content (AvgIpc) is 3.34. The van der Waals surface area contributed by atoms with Gasteiger partial charge in [0.25, 0.3) is 5.91 Å². The predicted octanol–water partition coefficient (Wildman–Crippen LogP) is 1.68. The summed E-state index contributed by atoms with van der Waals surface area (Å²) in [5.41, 5.74) is 14.7. The molecule has 1 amide bonds. The minimum atomic E-state index is -0.501. The minimum absolute atomic E-state index is 0.224. The first-order chi connectivity index (χ1) is 12.0. The van der Waals surface area contributed by atoms with Crippen LogP contribution in [0.5, 0.6) is 0 Å². The summed E-state index contributed by atoms with van der Waals surface area (Å²) >= 11 is 0. The van der Waals surface area contributed by atoms with Crippen molar-refractivity contribution in [1.29, 1.82) is 0 Å². The van der Waals surface area contributed by atoms with Crippen molar-refractivity contribution < 1.29 is 4.79 Å². The number of amides is 1. The van der Waals surface area contributed by atoms with Gasteiger partial charge in [-0.25, -0.2) is 14.5 Å². The second kappa shape index (κ2) is 5.73. The molecule has 0 spiro atoms. The minimum Gasteiger partial charge on any atom is -0.380 e. The Kier molecular flexibility index (Phi) is 3.52. The summed E-state index contributed by atoms with van der Waals surface area (Å²) in [7, 11) is 0. The van der Waals surface area contributed by atoms with Gasteiger partial charge in [0, 0.05) is 35.8 Å². The molecule has 0 aromatic carbocycles. The van der Waals surface area contributed by atoms with E-state index in [1.165, 1.54) is 19.0 Å². The molecule has 3 aromatic heterocycles. The van der Waals surface area contributed by atoms with E-state index in [0.717, 1.165) is 16.6 Å². The number of nitrogens with two attached hydrogens (primary N) is 2. The Hall–Kier alpha value is -3.16. The van der Waals surface area contributed by atoms with Crippen LogP contribution in [0.1, 0.15) is 30.1 Å². The first kappa shape index (κ1) is 15.4. The maximum Gasteiger partial charge on any atom is 0.252 e. The fourth-order valence-electron chi connectivity index (χ4n) is 2.98. The van der Waals surface area contributed by atoms with Crippen LogP contribution in [0.25, 0.3) is 16.6 Å². The number of rotatable bonds is 5. The first-order valence-electron chi connectivity index (χ1n) is 8.18. The molecule has 0 radical (unpaired) electrons. The van der Waals surface area contributed by atoms with Crippen molar-refractivity contribution in [1.82, 2.24) is 19.6 Å². The standard InChI is InChI=1S/C17H19N7O/c1-9(10-2-3-10)23-15-13(16(18)25)7-22-24-8-11(4-14(15)24)12-5-20-17(19)21-6-12/h4-10,23H,2-3H2,1H3,(H2,18,25)(H2,19,20,21). The molecule has 0 saturated heterocycles. The molecule has 0 aliphatic heterocycles. The van der Waals surface area contributed by atoms with E-state index in [9.17, 15) is 4.79 Å². The van der Waals surface area contributed by atoms with E-state index in [0.29, 0.717) is 17.2 Å². The number of fused-ring (bicyclic) bond motifs is 1. The normalized spacial score (nSPS) is 15.2. The third kappa shape index (κ3) is 2.86. The lowest BCUT2D eigenvalue weighted by molar-refractivity contribution is 0.100. The monoisotopic (exact) mass is 337 g/mol. The zero-order valence-corrected chi connectivity index (χ0v) is 13.8. The van der Waals surface area contributed by atoms with Crippen molar-refractivity contribution in [3.05, 3.63) is 36.4 Å². The summed E-state index contributed by atoms with van der Waals surface area (Å²) in [5, 5.41) is 7.76. The van der Waals surface area contributed by atoms with Crippen molar-refractivity contribution in [3.8, 4) is 11.1 Å². The Balaban J connectivity index is 1.82. The van der Waals surface area contributed by atoms with Crippen LogP contribution < -0.4 is 16.8 Å². The molecular formula is C17H19N7O. The van der Waals surface area contributed by atoms with Crippen LogP contribution in [-0.4, -0.2) is 31.5 Å². The second-order valence-electron chi connectivity index (χ2n) is 6.46.